The number of thiophene rings is 1. The van der Waals surface area contributed by atoms with E-state index in [9.17, 15) is 0 Å². The van der Waals surface area contributed by atoms with Crippen molar-refractivity contribution in [3.05, 3.63) is 22.4 Å². The Morgan fingerprint density at radius 1 is 1.59 bits per heavy atom. The van der Waals surface area contributed by atoms with E-state index in [-0.39, 0.29) is 0 Å². The molecule has 1 aromatic rings. The van der Waals surface area contributed by atoms with E-state index < -0.39 is 0 Å². The van der Waals surface area contributed by atoms with Crippen LogP contribution in [0, 0.1) is 0 Å². The Morgan fingerprint density at radius 2 is 2.41 bits per heavy atom. The predicted octanol–water partition coefficient (Wildman–Crippen LogP) is 2.75. The van der Waals surface area contributed by atoms with E-state index in [2.05, 4.69) is 48.6 Å². The molecule has 0 radical (unpaired) electrons. The van der Waals surface area contributed by atoms with Crippen LogP contribution in [0.2, 0.25) is 0 Å². The summed E-state index contributed by atoms with van der Waals surface area (Å²) in [6.07, 6.45) is 3.74. The van der Waals surface area contributed by atoms with Gasteiger partial charge in [-0.25, -0.2) is 0 Å². The molecule has 0 aliphatic carbocycles. The first-order valence-electron chi connectivity index (χ1n) is 6.64. The van der Waals surface area contributed by atoms with E-state index in [1.54, 1.807) is 0 Å². The third-order valence-corrected chi connectivity index (χ3v) is 4.71. The van der Waals surface area contributed by atoms with Crippen LogP contribution in [0.15, 0.2) is 17.5 Å². The van der Waals surface area contributed by atoms with Crippen molar-refractivity contribution in [3.63, 3.8) is 0 Å². The number of piperidine rings is 1. The quantitative estimate of drug-likeness (QED) is 0.886. The van der Waals surface area contributed by atoms with Crippen LogP contribution < -0.4 is 5.32 Å². The highest BCUT2D eigenvalue weighted by Gasteiger charge is 2.23. The van der Waals surface area contributed by atoms with E-state index >= 15 is 0 Å². The van der Waals surface area contributed by atoms with Gasteiger partial charge < -0.3 is 10.2 Å². The predicted molar refractivity (Wildman–Crippen MR) is 75.7 cm³/mol. The fourth-order valence-corrected chi connectivity index (χ4v) is 3.47. The van der Waals surface area contributed by atoms with Gasteiger partial charge in [-0.05, 0) is 58.1 Å². The summed E-state index contributed by atoms with van der Waals surface area (Å²) in [6.45, 7) is 5.87. The Morgan fingerprint density at radius 3 is 3.06 bits per heavy atom. The molecule has 1 saturated heterocycles. The second kappa shape index (κ2) is 5.98. The molecule has 1 fully saturated rings. The molecule has 2 rings (SSSR count). The molecule has 1 aromatic heterocycles. The van der Waals surface area contributed by atoms with Crippen LogP contribution in [0.5, 0.6) is 0 Å². The number of likely N-dealkylation sites (tertiary alicyclic amines) is 1. The summed E-state index contributed by atoms with van der Waals surface area (Å²) in [5.41, 5.74) is 0. The van der Waals surface area contributed by atoms with Gasteiger partial charge in [-0.2, -0.15) is 0 Å². The lowest BCUT2D eigenvalue weighted by molar-refractivity contribution is 0.163. The Balaban J connectivity index is 1.77. The van der Waals surface area contributed by atoms with Gasteiger partial charge in [0.25, 0.3) is 0 Å². The Kier molecular flexibility index (Phi) is 4.60. The molecule has 0 saturated carbocycles. The number of hydrogen-bond donors (Lipinski definition) is 1. The topological polar surface area (TPSA) is 15.3 Å². The molecule has 3 unspecified atom stereocenters. The van der Waals surface area contributed by atoms with E-state index in [1.165, 1.54) is 30.7 Å². The average molecular weight is 252 g/mol. The summed E-state index contributed by atoms with van der Waals surface area (Å²) in [7, 11) is 2.23. The van der Waals surface area contributed by atoms with E-state index in [1.807, 2.05) is 11.3 Å². The molecular weight excluding hydrogens is 228 g/mol. The van der Waals surface area contributed by atoms with E-state index in [0.717, 1.165) is 6.04 Å². The number of rotatable bonds is 4. The molecule has 0 bridgehead atoms. The van der Waals surface area contributed by atoms with E-state index in [0.29, 0.717) is 12.1 Å². The van der Waals surface area contributed by atoms with Crippen LogP contribution >= 0.6 is 11.3 Å². The number of nitrogens with one attached hydrogen (secondary N) is 1. The van der Waals surface area contributed by atoms with Crippen molar-refractivity contribution in [2.24, 2.45) is 0 Å². The summed E-state index contributed by atoms with van der Waals surface area (Å²) in [6, 6.07) is 6.39. The van der Waals surface area contributed by atoms with Crippen molar-refractivity contribution < 1.29 is 0 Å². The van der Waals surface area contributed by atoms with Crippen LogP contribution in [0.4, 0.5) is 0 Å². The van der Waals surface area contributed by atoms with Gasteiger partial charge in [-0.1, -0.05) is 6.07 Å². The third kappa shape index (κ3) is 3.80. The molecule has 2 heterocycles. The molecule has 2 nitrogen and oxygen atoms in total. The standard InChI is InChI=1S/C14H24N2S/c1-11(9-14-5-4-8-17-14)15-13-6-7-16(3)12(2)10-13/h4-5,8,11-13,15H,6-7,9-10H2,1-3H3. The lowest BCUT2D eigenvalue weighted by Crippen LogP contribution is -2.48. The lowest BCUT2D eigenvalue weighted by atomic mass is 9.98. The molecule has 3 heteroatoms. The highest BCUT2D eigenvalue weighted by atomic mass is 32.1. The molecule has 3 atom stereocenters. The zero-order valence-electron chi connectivity index (χ0n) is 11.1. The maximum absolute atomic E-state index is 3.79. The van der Waals surface area contributed by atoms with Crippen LogP contribution in [0.1, 0.15) is 31.6 Å². The van der Waals surface area contributed by atoms with Gasteiger partial charge in [0.2, 0.25) is 0 Å². The van der Waals surface area contributed by atoms with Crippen LogP contribution in [0.25, 0.3) is 0 Å². The third-order valence-electron chi connectivity index (χ3n) is 3.82. The molecule has 1 aliphatic heterocycles. The van der Waals surface area contributed by atoms with Gasteiger partial charge in [-0.3, -0.25) is 0 Å². The van der Waals surface area contributed by atoms with Crippen molar-refractivity contribution in [1.29, 1.82) is 0 Å². The smallest absolute Gasteiger partial charge is 0.00966 e. The monoisotopic (exact) mass is 252 g/mol. The van der Waals surface area contributed by atoms with Gasteiger partial charge in [0.1, 0.15) is 0 Å². The maximum Gasteiger partial charge on any atom is 0.00966 e. The summed E-state index contributed by atoms with van der Waals surface area (Å²) in [5.74, 6) is 0. The average Bonchev–Trinajstić information content (AvgIpc) is 2.76. The molecule has 0 spiro atoms. The van der Waals surface area contributed by atoms with Crippen molar-refractivity contribution in [2.45, 2.75) is 51.2 Å². The first kappa shape index (κ1) is 13.1. The summed E-state index contributed by atoms with van der Waals surface area (Å²) in [4.78, 5) is 3.95. The first-order chi connectivity index (χ1) is 8.15. The molecule has 17 heavy (non-hydrogen) atoms. The van der Waals surface area contributed by atoms with Crippen LogP contribution in [0.3, 0.4) is 0 Å². The van der Waals surface area contributed by atoms with Crippen LogP contribution in [-0.2, 0) is 6.42 Å². The van der Waals surface area contributed by atoms with Crippen molar-refractivity contribution in [1.82, 2.24) is 10.2 Å². The molecule has 1 N–H and O–H groups in total. The van der Waals surface area contributed by atoms with Gasteiger partial charge in [0, 0.05) is 23.0 Å². The second-order valence-electron chi connectivity index (χ2n) is 5.40. The minimum Gasteiger partial charge on any atom is -0.311 e. The minimum atomic E-state index is 0.592. The van der Waals surface area contributed by atoms with Crippen LogP contribution in [-0.4, -0.2) is 36.6 Å². The molecule has 96 valence electrons. The number of nitrogens with zero attached hydrogens (tertiary/aromatic N) is 1. The number of hydrogen-bond acceptors (Lipinski definition) is 3. The highest BCUT2D eigenvalue weighted by molar-refractivity contribution is 7.09. The van der Waals surface area contributed by atoms with Gasteiger partial charge in [0.15, 0.2) is 0 Å². The fourth-order valence-electron chi connectivity index (χ4n) is 2.63. The minimum absolute atomic E-state index is 0.592. The summed E-state index contributed by atoms with van der Waals surface area (Å²) < 4.78 is 0. The zero-order valence-corrected chi connectivity index (χ0v) is 12.0. The molecule has 0 amide bonds. The van der Waals surface area contributed by atoms with Crippen molar-refractivity contribution in [2.75, 3.05) is 13.6 Å². The highest BCUT2D eigenvalue weighted by Crippen LogP contribution is 2.17. The molecule has 0 aromatic carbocycles. The Hall–Kier alpha value is -0.380. The molecular formula is C14H24N2S. The van der Waals surface area contributed by atoms with Crippen molar-refractivity contribution >= 4 is 11.3 Å². The summed E-state index contributed by atoms with van der Waals surface area (Å²) >= 11 is 1.87. The van der Waals surface area contributed by atoms with Gasteiger partial charge >= 0.3 is 0 Å². The zero-order chi connectivity index (χ0) is 12.3. The van der Waals surface area contributed by atoms with Crippen molar-refractivity contribution in [3.8, 4) is 0 Å². The summed E-state index contributed by atoms with van der Waals surface area (Å²) in [5, 5.41) is 5.95. The van der Waals surface area contributed by atoms with Gasteiger partial charge in [-0.15, -0.1) is 11.3 Å². The first-order valence-corrected chi connectivity index (χ1v) is 7.52. The normalized spacial score (nSPS) is 28.2. The fraction of sp³-hybridized carbons (Fsp3) is 0.714. The van der Waals surface area contributed by atoms with Gasteiger partial charge in [0.05, 0.1) is 0 Å². The SMILES string of the molecule is CC(Cc1cccs1)NC1CCN(C)C(C)C1. The Bertz CT molecular complexity index is 323. The largest absolute Gasteiger partial charge is 0.311 e. The second-order valence-corrected chi connectivity index (χ2v) is 6.43. The lowest BCUT2D eigenvalue weighted by Gasteiger charge is -2.36. The van der Waals surface area contributed by atoms with E-state index in [4.69, 9.17) is 0 Å². The molecule has 1 aliphatic rings. The maximum atomic E-state index is 3.79. The Labute approximate surface area is 109 Å².